The van der Waals surface area contributed by atoms with Gasteiger partial charge in [-0.3, -0.25) is 14.9 Å². The third-order valence-electron chi connectivity index (χ3n) is 5.05. The van der Waals surface area contributed by atoms with Crippen LogP contribution in [0.1, 0.15) is 38.2 Å². The molecule has 3 aliphatic rings. The number of nitro groups is 1. The molecule has 0 amide bonds. The third-order valence-corrected chi connectivity index (χ3v) is 5.05. The van der Waals surface area contributed by atoms with Crippen molar-refractivity contribution in [1.82, 2.24) is 0 Å². The fourth-order valence-corrected chi connectivity index (χ4v) is 3.57. The molecule has 0 aliphatic heterocycles. The van der Waals surface area contributed by atoms with E-state index in [1.165, 1.54) is 12.1 Å². The SMILES string of the molecule is CCC(Cc1cc([N+](=O)[O-])ccc1NC12CC(C1)C2)C(=O)O. The molecule has 0 radical (unpaired) electrons. The summed E-state index contributed by atoms with van der Waals surface area (Å²) in [6, 6.07) is 4.72. The lowest BCUT2D eigenvalue weighted by atomic mass is 9.50. The highest BCUT2D eigenvalue weighted by Crippen LogP contribution is 2.58. The van der Waals surface area contributed by atoms with Crippen molar-refractivity contribution in [3.8, 4) is 0 Å². The highest BCUT2D eigenvalue weighted by molar-refractivity contribution is 5.71. The Bertz CT molecular complexity index is 612. The number of aliphatic carboxylic acids is 1. The van der Waals surface area contributed by atoms with E-state index < -0.39 is 16.8 Å². The van der Waals surface area contributed by atoms with Crippen molar-refractivity contribution in [2.45, 2.75) is 44.6 Å². The van der Waals surface area contributed by atoms with Crippen LogP contribution in [0.2, 0.25) is 0 Å². The third kappa shape index (κ3) is 2.53. The van der Waals surface area contributed by atoms with E-state index in [0.29, 0.717) is 12.8 Å². The van der Waals surface area contributed by atoms with Crippen molar-refractivity contribution in [1.29, 1.82) is 0 Å². The summed E-state index contributed by atoms with van der Waals surface area (Å²) in [5.41, 5.74) is 1.75. The molecule has 2 N–H and O–H groups in total. The molecule has 6 heteroatoms. The van der Waals surface area contributed by atoms with Gasteiger partial charge < -0.3 is 10.4 Å². The highest BCUT2D eigenvalue weighted by atomic mass is 16.6. The Morgan fingerprint density at radius 2 is 2.18 bits per heavy atom. The Labute approximate surface area is 128 Å². The molecule has 0 spiro atoms. The summed E-state index contributed by atoms with van der Waals surface area (Å²) in [6.07, 6.45) is 4.28. The van der Waals surface area contributed by atoms with E-state index in [9.17, 15) is 20.0 Å². The Hall–Kier alpha value is -2.11. The molecular weight excluding hydrogens is 284 g/mol. The molecular formula is C16H20N2O4. The topological polar surface area (TPSA) is 92.5 Å². The van der Waals surface area contributed by atoms with Gasteiger partial charge in [-0.2, -0.15) is 0 Å². The van der Waals surface area contributed by atoms with E-state index in [4.69, 9.17) is 0 Å². The maximum atomic E-state index is 11.3. The van der Waals surface area contributed by atoms with Gasteiger partial charge in [-0.25, -0.2) is 0 Å². The monoisotopic (exact) mass is 304 g/mol. The van der Waals surface area contributed by atoms with Crippen LogP contribution in [0.25, 0.3) is 0 Å². The zero-order valence-electron chi connectivity index (χ0n) is 12.5. The summed E-state index contributed by atoms with van der Waals surface area (Å²) in [7, 11) is 0. The molecule has 3 fully saturated rings. The molecule has 1 aromatic carbocycles. The van der Waals surface area contributed by atoms with E-state index in [1.807, 2.05) is 6.92 Å². The normalized spacial score (nSPS) is 26.5. The highest BCUT2D eigenvalue weighted by Gasteiger charge is 2.56. The number of nitrogens with zero attached hydrogens (tertiary/aromatic N) is 1. The van der Waals surface area contributed by atoms with Gasteiger partial charge in [0.15, 0.2) is 0 Å². The number of rotatable bonds is 7. The number of benzene rings is 1. The number of non-ortho nitro benzene ring substituents is 1. The second kappa shape index (κ2) is 5.26. The van der Waals surface area contributed by atoms with Gasteiger partial charge in [0.25, 0.3) is 5.69 Å². The molecule has 0 heterocycles. The molecule has 2 bridgehead atoms. The van der Waals surface area contributed by atoms with Crippen LogP contribution in [0.4, 0.5) is 11.4 Å². The number of hydrogen-bond donors (Lipinski definition) is 2. The first-order chi connectivity index (χ1) is 10.4. The first-order valence-corrected chi connectivity index (χ1v) is 7.71. The first-order valence-electron chi connectivity index (χ1n) is 7.71. The predicted octanol–water partition coefficient (Wildman–Crippen LogP) is 3.21. The van der Waals surface area contributed by atoms with Gasteiger partial charge in [0, 0.05) is 23.4 Å². The maximum Gasteiger partial charge on any atom is 0.306 e. The summed E-state index contributed by atoms with van der Waals surface area (Å²) in [5, 5.41) is 23.7. The Morgan fingerprint density at radius 1 is 1.50 bits per heavy atom. The van der Waals surface area contributed by atoms with Crippen LogP contribution in [-0.2, 0) is 11.2 Å². The van der Waals surface area contributed by atoms with E-state index >= 15 is 0 Å². The van der Waals surface area contributed by atoms with Crippen LogP contribution in [0, 0.1) is 22.0 Å². The zero-order chi connectivity index (χ0) is 15.9. The minimum atomic E-state index is -0.856. The zero-order valence-corrected chi connectivity index (χ0v) is 12.5. The molecule has 3 saturated carbocycles. The molecule has 0 saturated heterocycles. The van der Waals surface area contributed by atoms with Gasteiger partial charge in [0.1, 0.15) is 0 Å². The summed E-state index contributed by atoms with van der Waals surface area (Å²) < 4.78 is 0. The van der Waals surface area contributed by atoms with Crippen LogP contribution < -0.4 is 5.32 Å². The molecule has 118 valence electrons. The van der Waals surface area contributed by atoms with Crippen molar-refractivity contribution in [3.05, 3.63) is 33.9 Å². The lowest BCUT2D eigenvalue weighted by Gasteiger charge is -2.62. The van der Waals surface area contributed by atoms with Gasteiger partial charge in [0.2, 0.25) is 0 Å². The fraction of sp³-hybridized carbons (Fsp3) is 0.562. The van der Waals surface area contributed by atoms with E-state index in [1.54, 1.807) is 6.07 Å². The lowest BCUT2D eigenvalue weighted by Crippen LogP contribution is -2.63. The number of nitrogens with one attached hydrogen (secondary N) is 1. The Kier molecular flexibility index (Phi) is 3.54. The van der Waals surface area contributed by atoms with Crippen LogP contribution in [0.3, 0.4) is 0 Å². The minimum absolute atomic E-state index is 0.0124. The minimum Gasteiger partial charge on any atom is -0.481 e. The quantitative estimate of drug-likeness (QED) is 0.596. The summed E-state index contributed by atoms with van der Waals surface area (Å²) in [6.45, 7) is 1.82. The molecule has 0 aromatic heterocycles. The van der Waals surface area contributed by atoms with Gasteiger partial charge in [-0.05, 0) is 49.7 Å². The lowest BCUT2D eigenvalue weighted by molar-refractivity contribution is -0.384. The largest absolute Gasteiger partial charge is 0.481 e. The van der Waals surface area contributed by atoms with Gasteiger partial charge in [-0.1, -0.05) is 6.92 Å². The smallest absolute Gasteiger partial charge is 0.306 e. The van der Waals surface area contributed by atoms with Crippen molar-refractivity contribution in [3.63, 3.8) is 0 Å². The summed E-state index contributed by atoms with van der Waals surface area (Å²) in [4.78, 5) is 21.8. The van der Waals surface area contributed by atoms with Crippen LogP contribution in [-0.4, -0.2) is 21.5 Å². The van der Waals surface area contributed by atoms with Crippen molar-refractivity contribution in [2.24, 2.45) is 11.8 Å². The average Bonchev–Trinajstić information content (AvgIpc) is 2.38. The second-order valence-electron chi connectivity index (χ2n) is 6.63. The molecule has 1 atom stereocenters. The fourth-order valence-electron chi connectivity index (χ4n) is 3.57. The molecule has 1 unspecified atom stereocenters. The van der Waals surface area contributed by atoms with E-state index in [2.05, 4.69) is 5.32 Å². The molecule has 6 nitrogen and oxygen atoms in total. The summed E-state index contributed by atoms with van der Waals surface area (Å²) in [5.74, 6) is -0.544. The number of carbonyl (C=O) groups is 1. The second-order valence-corrected chi connectivity index (χ2v) is 6.63. The Morgan fingerprint density at radius 3 is 2.64 bits per heavy atom. The van der Waals surface area contributed by atoms with Gasteiger partial charge in [0.05, 0.1) is 10.8 Å². The standard InChI is InChI=1S/C16H20N2O4/c1-2-11(15(19)20)5-12-6-13(18(21)22)3-4-14(12)17-16-7-10(8-16)9-16/h3-4,6,10-11,17H,2,5,7-9H2,1H3,(H,19,20). The maximum absolute atomic E-state index is 11.3. The predicted molar refractivity (Wildman–Crippen MR) is 81.9 cm³/mol. The number of nitro benzene ring substituents is 1. The average molecular weight is 304 g/mol. The van der Waals surface area contributed by atoms with Crippen LogP contribution >= 0.6 is 0 Å². The van der Waals surface area contributed by atoms with Crippen molar-refractivity contribution in [2.75, 3.05) is 5.32 Å². The molecule has 3 aliphatic carbocycles. The number of anilines is 1. The van der Waals surface area contributed by atoms with E-state index in [0.717, 1.165) is 36.4 Å². The number of carboxylic acid groups (broad SMARTS) is 1. The molecule has 1 aromatic rings. The van der Waals surface area contributed by atoms with Gasteiger partial charge in [-0.15, -0.1) is 0 Å². The number of hydrogen-bond acceptors (Lipinski definition) is 4. The molecule has 4 rings (SSSR count). The summed E-state index contributed by atoms with van der Waals surface area (Å²) >= 11 is 0. The van der Waals surface area contributed by atoms with Crippen LogP contribution in [0.15, 0.2) is 18.2 Å². The molecule has 22 heavy (non-hydrogen) atoms. The van der Waals surface area contributed by atoms with Crippen molar-refractivity contribution < 1.29 is 14.8 Å². The van der Waals surface area contributed by atoms with Crippen molar-refractivity contribution >= 4 is 17.3 Å². The Balaban J connectivity index is 1.86. The van der Waals surface area contributed by atoms with Gasteiger partial charge >= 0.3 is 5.97 Å². The number of carboxylic acids is 1. The van der Waals surface area contributed by atoms with E-state index in [-0.39, 0.29) is 11.2 Å². The first kappa shape index (κ1) is 14.8. The van der Waals surface area contributed by atoms with Crippen LogP contribution in [0.5, 0.6) is 0 Å².